The molecule has 104 valence electrons. The van der Waals surface area contributed by atoms with E-state index in [1.54, 1.807) is 7.11 Å². The number of hydrogen-bond acceptors (Lipinski definition) is 3. The van der Waals surface area contributed by atoms with Gasteiger partial charge in [0, 0.05) is 19.1 Å². The first-order valence-electron chi connectivity index (χ1n) is 7.34. The summed E-state index contributed by atoms with van der Waals surface area (Å²) in [5.41, 5.74) is 2.97. The summed E-state index contributed by atoms with van der Waals surface area (Å²) in [5, 5.41) is 0. The predicted octanol–water partition coefficient (Wildman–Crippen LogP) is 2.15. The first-order chi connectivity index (χ1) is 9.26. The standard InChI is InChI=1S/C16H24N2O/c1-17-8-6-15(7-9-17)18-10-5-13-3-4-16(19-2)11-14(13)12-18/h3-4,11,15H,5-10,12H2,1-2H3. The smallest absolute Gasteiger partial charge is 0.119 e. The molecule has 0 bridgehead atoms. The molecule has 1 saturated heterocycles. The van der Waals surface area contributed by atoms with E-state index in [1.165, 1.54) is 50.0 Å². The second-order valence-corrected chi connectivity index (χ2v) is 5.89. The summed E-state index contributed by atoms with van der Waals surface area (Å²) in [7, 11) is 3.98. The Labute approximate surface area is 116 Å². The predicted molar refractivity (Wildman–Crippen MR) is 77.6 cm³/mol. The molecule has 0 N–H and O–H groups in total. The molecule has 0 saturated carbocycles. The van der Waals surface area contributed by atoms with Crippen LogP contribution >= 0.6 is 0 Å². The third-order valence-corrected chi connectivity index (χ3v) is 4.66. The summed E-state index contributed by atoms with van der Waals surface area (Å²) >= 11 is 0. The van der Waals surface area contributed by atoms with Crippen molar-refractivity contribution >= 4 is 0 Å². The molecule has 0 radical (unpaired) electrons. The van der Waals surface area contributed by atoms with E-state index in [0.29, 0.717) is 0 Å². The van der Waals surface area contributed by atoms with Crippen LogP contribution in [-0.2, 0) is 13.0 Å². The van der Waals surface area contributed by atoms with Crippen LogP contribution in [-0.4, -0.2) is 49.6 Å². The molecule has 2 aliphatic heterocycles. The van der Waals surface area contributed by atoms with Crippen LogP contribution < -0.4 is 4.74 Å². The number of nitrogens with zero attached hydrogens (tertiary/aromatic N) is 2. The van der Waals surface area contributed by atoms with E-state index in [0.717, 1.165) is 18.3 Å². The number of likely N-dealkylation sites (tertiary alicyclic amines) is 1. The quantitative estimate of drug-likeness (QED) is 0.810. The minimum Gasteiger partial charge on any atom is -0.497 e. The summed E-state index contributed by atoms with van der Waals surface area (Å²) in [5.74, 6) is 0.990. The highest BCUT2D eigenvalue weighted by molar-refractivity contribution is 5.37. The Morgan fingerprint density at radius 3 is 2.63 bits per heavy atom. The van der Waals surface area contributed by atoms with Gasteiger partial charge in [-0.05, 0) is 62.7 Å². The van der Waals surface area contributed by atoms with Gasteiger partial charge in [-0.25, -0.2) is 0 Å². The molecule has 0 aromatic heterocycles. The lowest BCUT2D eigenvalue weighted by Gasteiger charge is -2.39. The average Bonchev–Trinajstić information content (AvgIpc) is 2.47. The number of rotatable bonds is 2. The van der Waals surface area contributed by atoms with Crippen molar-refractivity contribution in [3.05, 3.63) is 29.3 Å². The molecule has 0 aliphatic carbocycles. The number of benzene rings is 1. The Balaban J connectivity index is 1.70. The van der Waals surface area contributed by atoms with Crippen molar-refractivity contribution in [3.8, 4) is 5.75 Å². The number of piperidine rings is 1. The van der Waals surface area contributed by atoms with Gasteiger partial charge >= 0.3 is 0 Å². The monoisotopic (exact) mass is 260 g/mol. The fourth-order valence-corrected chi connectivity index (χ4v) is 3.35. The average molecular weight is 260 g/mol. The van der Waals surface area contributed by atoms with Crippen LogP contribution in [0, 0.1) is 0 Å². The zero-order chi connectivity index (χ0) is 13.2. The molecule has 3 heteroatoms. The lowest BCUT2D eigenvalue weighted by Crippen LogP contribution is -2.45. The molecular weight excluding hydrogens is 236 g/mol. The van der Waals surface area contributed by atoms with Gasteiger partial charge in [0.2, 0.25) is 0 Å². The lowest BCUT2D eigenvalue weighted by atomic mass is 9.95. The van der Waals surface area contributed by atoms with Gasteiger partial charge < -0.3 is 9.64 Å². The van der Waals surface area contributed by atoms with Crippen molar-refractivity contribution in [3.63, 3.8) is 0 Å². The molecule has 2 aliphatic rings. The molecule has 0 atom stereocenters. The second kappa shape index (κ2) is 5.51. The van der Waals surface area contributed by atoms with Crippen molar-refractivity contribution in [2.24, 2.45) is 0 Å². The molecule has 3 rings (SSSR count). The van der Waals surface area contributed by atoms with Gasteiger partial charge in [0.25, 0.3) is 0 Å². The first kappa shape index (κ1) is 12.9. The van der Waals surface area contributed by atoms with Crippen molar-refractivity contribution in [2.75, 3.05) is 33.8 Å². The van der Waals surface area contributed by atoms with Gasteiger partial charge in [0.15, 0.2) is 0 Å². The molecule has 0 amide bonds. The maximum absolute atomic E-state index is 5.35. The molecule has 1 fully saturated rings. The van der Waals surface area contributed by atoms with Crippen LogP contribution in [0.5, 0.6) is 5.75 Å². The maximum atomic E-state index is 5.35. The Kier molecular flexibility index (Phi) is 3.76. The van der Waals surface area contributed by atoms with E-state index >= 15 is 0 Å². The van der Waals surface area contributed by atoms with Gasteiger partial charge in [-0.3, -0.25) is 4.90 Å². The number of ether oxygens (including phenoxy) is 1. The van der Waals surface area contributed by atoms with Crippen LogP contribution in [0.3, 0.4) is 0 Å². The lowest BCUT2D eigenvalue weighted by molar-refractivity contribution is 0.109. The van der Waals surface area contributed by atoms with E-state index < -0.39 is 0 Å². The van der Waals surface area contributed by atoms with Gasteiger partial charge in [-0.2, -0.15) is 0 Å². The number of hydrogen-bond donors (Lipinski definition) is 0. The van der Waals surface area contributed by atoms with E-state index in [2.05, 4.69) is 35.0 Å². The van der Waals surface area contributed by atoms with Gasteiger partial charge in [-0.15, -0.1) is 0 Å². The van der Waals surface area contributed by atoms with E-state index in [1.807, 2.05) is 0 Å². The number of fused-ring (bicyclic) bond motifs is 1. The van der Waals surface area contributed by atoms with Crippen LogP contribution in [0.25, 0.3) is 0 Å². The van der Waals surface area contributed by atoms with Crippen LogP contribution in [0.15, 0.2) is 18.2 Å². The molecule has 1 aromatic carbocycles. The third kappa shape index (κ3) is 2.77. The topological polar surface area (TPSA) is 15.7 Å². The largest absolute Gasteiger partial charge is 0.497 e. The van der Waals surface area contributed by atoms with E-state index in [9.17, 15) is 0 Å². The van der Waals surface area contributed by atoms with E-state index in [-0.39, 0.29) is 0 Å². The highest BCUT2D eigenvalue weighted by Crippen LogP contribution is 2.27. The summed E-state index contributed by atoms with van der Waals surface area (Å²) in [6.07, 6.45) is 3.82. The molecule has 3 nitrogen and oxygen atoms in total. The van der Waals surface area contributed by atoms with Crippen molar-refractivity contribution in [1.29, 1.82) is 0 Å². The zero-order valence-corrected chi connectivity index (χ0v) is 12.1. The van der Waals surface area contributed by atoms with Crippen LogP contribution in [0.2, 0.25) is 0 Å². The Bertz CT molecular complexity index is 438. The van der Waals surface area contributed by atoms with Crippen molar-refractivity contribution in [1.82, 2.24) is 9.80 Å². The molecule has 0 unspecified atom stereocenters. The van der Waals surface area contributed by atoms with Crippen LogP contribution in [0.4, 0.5) is 0 Å². The second-order valence-electron chi connectivity index (χ2n) is 5.89. The minimum absolute atomic E-state index is 0.774. The fraction of sp³-hybridized carbons (Fsp3) is 0.625. The number of methoxy groups -OCH3 is 1. The minimum atomic E-state index is 0.774. The highest BCUT2D eigenvalue weighted by Gasteiger charge is 2.26. The van der Waals surface area contributed by atoms with E-state index in [4.69, 9.17) is 4.74 Å². The van der Waals surface area contributed by atoms with Gasteiger partial charge in [0.05, 0.1) is 7.11 Å². The van der Waals surface area contributed by atoms with Gasteiger partial charge in [0.1, 0.15) is 5.75 Å². The SMILES string of the molecule is COc1ccc2c(c1)CN(C1CCN(C)CC1)CC2. The maximum Gasteiger partial charge on any atom is 0.119 e. The molecule has 2 heterocycles. The van der Waals surface area contributed by atoms with Crippen LogP contribution in [0.1, 0.15) is 24.0 Å². The van der Waals surface area contributed by atoms with Gasteiger partial charge in [-0.1, -0.05) is 6.07 Å². The Hall–Kier alpha value is -1.06. The normalized spacial score (nSPS) is 22.2. The summed E-state index contributed by atoms with van der Waals surface area (Å²) in [6.45, 7) is 4.80. The summed E-state index contributed by atoms with van der Waals surface area (Å²) < 4.78 is 5.35. The fourth-order valence-electron chi connectivity index (χ4n) is 3.35. The van der Waals surface area contributed by atoms with Crippen molar-refractivity contribution in [2.45, 2.75) is 31.8 Å². The molecular formula is C16H24N2O. The summed E-state index contributed by atoms with van der Waals surface area (Å²) in [4.78, 5) is 5.12. The summed E-state index contributed by atoms with van der Waals surface area (Å²) in [6, 6.07) is 7.32. The van der Waals surface area contributed by atoms with Crippen molar-refractivity contribution < 1.29 is 4.74 Å². The molecule has 0 spiro atoms. The molecule has 1 aromatic rings. The molecule has 19 heavy (non-hydrogen) atoms. The zero-order valence-electron chi connectivity index (χ0n) is 12.1. The highest BCUT2D eigenvalue weighted by atomic mass is 16.5. The Morgan fingerprint density at radius 1 is 1.11 bits per heavy atom. The Morgan fingerprint density at radius 2 is 1.89 bits per heavy atom. The first-order valence-corrected chi connectivity index (χ1v) is 7.34. The third-order valence-electron chi connectivity index (χ3n) is 4.66.